The van der Waals surface area contributed by atoms with Crippen LogP contribution in [-0.4, -0.2) is 17.3 Å². The highest BCUT2D eigenvalue weighted by Crippen LogP contribution is 2.33. The van der Waals surface area contributed by atoms with Crippen molar-refractivity contribution >= 4 is 49.4 Å². The van der Waals surface area contributed by atoms with Gasteiger partial charge in [-0.3, -0.25) is 4.79 Å². The van der Waals surface area contributed by atoms with Crippen LogP contribution in [0.3, 0.4) is 0 Å². The molecule has 0 spiro atoms. The summed E-state index contributed by atoms with van der Waals surface area (Å²) in [6.07, 6.45) is 1.38. The quantitative estimate of drug-likeness (QED) is 0.438. The predicted molar refractivity (Wildman–Crippen MR) is 88.1 cm³/mol. The van der Waals surface area contributed by atoms with E-state index >= 15 is 0 Å². The highest BCUT2D eigenvalue weighted by atomic mass is 79.9. The monoisotopic (exact) mass is 385 g/mol. The second kappa shape index (κ2) is 6.62. The molecule has 2 nitrogen and oxygen atoms in total. The zero-order valence-corrected chi connectivity index (χ0v) is 14.4. The van der Waals surface area contributed by atoms with Crippen molar-refractivity contribution in [1.29, 1.82) is 5.41 Å². The van der Waals surface area contributed by atoms with E-state index in [-0.39, 0.29) is 5.78 Å². The van der Waals surface area contributed by atoms with E-state index in [0.29, 0.717) is 10.9 Å². The third-order valence-electron chi connectivity index (χ3n) is 3.06. The summed E-state index contributed by atoms with van der Waals surface area (Å²) in [5, 5.41) is 8.14. The predicted octanol–water partition coefficient (Wildman–Crippen LogP) is 4.86. The third kappa shape index (κ3) is 3.86. The molecule has 1 aromatic carbocycles. The second-order valence-corrected chi connectivity index (χ2v) is 6.39. The summed E-state index contributed by atoms with van der Waals surface area (Å²) in [6.45, 7) is 5.46. The molecule has 4 heteroatoms. The Morgan fingerprint density at radius 1 is 1.32 bits per heavy atom. The van der Waals surface area contributed by atoms with Crippen LogP contribution in [-0.2, 0) is 4.79 Å². The first-order valence-electron chi connectivity index (χ1n) is 5.91. The molecule has 0 radical (unpaired) electrons. The topological polar surface area (TPSA) is 40.9 Å². The van der Waals surface area contributed by atoms with Gasteiger partial charge < -0.3 is 5.41 Å². The molecule has 1 N–H and O–H groups in total. The largest absolute Gasteiger partial charge is 0.312 e. The Morgan fingerprint density at radius 2 is 1.84 bits per heavy atom. The fourth-order valence-electron chi connectivity index (χ4n) is 1.85. The van der Waals surface area contributed by atoms with E-state index in [4.69, 9.17) is 5.41 Å². The highest BCUT2D eigenvalue weighted by Gasteiger charge is 2.25. The van der Waals surface area contributed by atoms with Gasteiger partial charge in [0.05, 0.1) is 0 Å². The first kappa shape index (κ1) is 16.3. The van der Waals surface area contributed by atoms with Crippen molar-refractivity contribution in [3.05, 3.63) is 39.9 Å². The van der Waals surface area contributed by atoms with Crippen LogP contribution in [0.2, 0.25) is 0 Å². The first-order valence-corrected chi connectivity index (χ1v) is 7.83. The number of alkyl halides is 1. The summed E-state index contributed by atoms with van der Waals surface area (Å²) in [5.41, 5.74) is 2.06. The summed E-state index contributed by atoms with van der Waals surface area (Å²) in [7, 11) is 0. The molecule has 0 aliphatic carbocycles. The molecule has 0 fully saturated rings. The Kier molecular flexibility index (Phi) is 5.68. The Balaban J connectivity index is 3.52. The maximum atomic E-state index is 12.0. The van der Waals surface area contributed by atoms with Crippen LogP contribution in [0.4, 0.5) is 0 Å². The van der Waals surface area contributed by atoms with Crippen molar-refractivity contribution in [2.24, 2.45) is 5.41 Å². The molecule has 0 unspecified atom stereocenters. The number of carbonyl (C=O) groups excluding carboxylic acids is 1. The zero-order chi connectivity index (χ0) is 14.6. The minimum atomic E-state index is -0.447. The number of halogens is 2. The lowest BCUT2D eigenvalue weighted by Gasteiger charge is -2.25. The molecule has 102 valence electrons. The van der Waals surface area contributed by atoms with Crippen molar-refractivity contribution in [3.8, 4) is 0 Å². The Labute approximate surface area is 131 Å². The molecule has 0 saturated carbocycles. The summed E-state index contributed by atoms with van der Waals surface area (Å²) in [5.74, 6) is 0.0201. The van der Waals surface area contributed by atoms with E-state index in [1.54, 1.807) is 6.92 Å². The molecule has 0 aliphatic rings. The van der Waals surface area contributed by atoms with Gasteiger partial charge in [-0.05, 0) is 30.2 Å². The van der Waals surface area contributed by atoms with Crippen molar-refractivity contribution < 1.29 is 4.79 Å². The van der Waals surface area contributed by atoms with Gasteiger partial charge in [0.2, 0.25) is 0 Å². The van der Waals surface area contributed by atoms with Crippen LogP contribution in [0.25, 0.3) is 5.57 Å². The Bertz CT molecular complexity index is 515. The molecule has 0 bridgehead atoms. The van der Waals surface area contributed by atoms with Crippen molar-refractivity contribution in [2.45, 2.75) is 20.8 Å². The van der Waals surface area contributed by atoms with Gasteiger partial charge >= 0.3 is 0 Å². The zero-order valence-electron chi connectivity index (χ0n) is 11.3. The van der Waals surface area contributed by atoms with Gasteiger partial charge in [0.1, 0.15) is 0 Å². The molecule has 0 heterocycles. The Morgan fingerprint density at radius 3 is 2.21 bits per heavy atom. The van der Waals surface area contributed by atoms with Crippen LogP contribution < -0.4 is 0 Å². The van der Waals surface area contributed by atoms with E-state index in [1.165, 1.54) is 6.21 Å². The molecular formula is C15H17Br2NO. The number of hydrogen-bond donors (Lipinski definition) is 1. The lowest BCUT2D eigenvalue weighted by Crippen LogP contribution is -2.20. The van der Waals surface area contributed by atoms with Crippen LogP contribution >= 0.6 is 31.9 Å². The molecular weight excluding hydrogens is 370 g/mol. The average molecular weight is 387 g/mol. The van der Waals surface area contributed by atoms with Gasteiger partial charge in [-0.25, -0.2) is 0 Å². The molecule has 0 atom stereocenters. The molecule has 1 rings (SSSR count). The van der Waals surface area contributed by atoms with E-state index in [9.17, 15) is 4.79 Å². The summed E-state index contributed by atoms with van der Waals surface area (Å²) in [4.78, 5) is 12.0. The molecule has 19 heavy (non-hydrogen) atoms. The Hall–Kier alpha value is -0.740. The van der Waals surface area contributed by atoms with Gasteiger partial charge in [-0.2, -0.15) is 0 Å². The van der Waals surface area contributed by atoms with E-state index in [0.717, 1.165) is 15.6 Å². The summed E-state index contributed by atoms with van der Waals surface area (Å²) >= 11 is 6.84. The number of Topliss-reactive ketones (excluding diaryl/α,β-unsaturated/α-hetero) is 1. The molecule has 0 aliphatic heterocycles. The molecule has 0 saturated heterocycles. The molecule has 1 aromatic rings. The number of nitrogens with one attached hydrogen (secondary N) is 1. The van der Waals surface area contributed by atoms with Crippen molar-refractivity contribution in [3.63, 3.8) is 0 Å². The lowest BCUT2D eigenvalue weighted by atomic mass is 9.80. The van der Waals surface area contributed by atoms with Gasteiger partial charge in [0.25, 0.3) is 0 Å². The van der Waals surface area contributed by atoms with Gasteiger partial charge in [0.15, 0.2) is 5.78 Å². The maximum Gasteiger partial charge on any atom is 0.160 e. The number of allylic oxidation sites excluding steroid dienone is 2. The standard InChI is InChI=1S/C15H17Br2NO/c1-10(19)14(11-4-6-12(17)7-5-11)13(8-16)15(2,3)9-18/h4-7,9,18H,8H2,1-3H3/b14-13+,18-9?. The highest BCUT2D eigenvalue weighted by molar-refractivity contribution is 9.10. The normalized spacial score (nSPS) is 12.9. The number of rotatable bonds is 5. The van der Waals surface area contributed by atoms with Crippen molar-refractivity contribution in [2.75, 3.05) is 5.33 Å². The number of carbonyl (C=O) groups is 1. The van der Waals surface area contributed by atoms with Crippen LogP contribution in [0.1, 0.15) is 26.3 Å². The lowest BCUT2D eigenvalue weighted by molar-refractivity contribution is -0.111. The van der Waals surface area contributed by atoms with Crippen LogP contribution in [0, 0.1) is 10.8 Å². The molecule has 0 aromatic heterocycles. The fraction of sp³-hybridized carbons (Fsp3) is 0.333. The minimum Gasteiger partial charge on any atom is -0.312 e. The van der Waals surface area contributed by atoms with Gasteiger partial charge in [-0.1, -0.05) is 57.8 Å². The van der Waals surface area contributed by atoms with Gasteiger partial charge in [0, 0.05) is 27.0 Å². The van der Waals surface area contributed by atoms with Crippen molar-refractivity contribution in [1.82, 2.24) is 0 Å². The minimum absolute atomic E-state index is 0.0201. The van der Waals surface area contributed by atoms with E-state index < -0.39 is 5.41 Å². The smallest absolute Gasteiger partial charge is 0.160 e. The second-order valence-electron chi connectivity index (χ2n) is 4.92. The van der Waals surface area contributed by atoms with Crippen LogP contribution in [0.15, 0.2) is 34.3 Å². The average Bonchev–Trinajstić information content (AvgIpc) is 2.36. The molecule has 0 amide bonds. The number of ketones is 1. The number of hydrogen-bond acceptors (Lipinski definition) is 2. The van der Waals surface area contributed by atoms with Crippen LogP contribution in [0.5, 0.6) is 0 Å². The third-order valence-corrected chi connectivity index (χ3v) is 4.15. The van der Waals surface area contributed by atoms with Gasteiger partial charge in [-0.15, -0.1) is 0 Å². The van der Waals surface area contributed by atoms with E-state index in [1.807, 2.05) is 38.1 Å². The SMILES string of the molecule is CC(=O)/C(=C(/CBr)C(C)(C)C=N)c1ccc(Br)cc1. The fourth-order valence-corrected chi connectivity index (χ4v) is 3.12. The van der Waals surface area contributed by atoms with E-state index in [2.05, 4.69) is 31.9 Å². The summed E-state index contributed by atoms with van der Waals surface area (Å²) < 4.78 is 0.978. The maximum absolute atomic E-state index is 12.0. The first-order chi connectivity index (χ1) is 8.83. The number of benzene rings is 1. The summed E-state index contributed by atoms with van der Waals surface area (Å²) in [6, 6.07) is 7.68.